The summed E-state index contributed by atoms with van der Waals surface area (Å²) in [6.07, 6.45) is 1.66. The summed E-state index contributed by atoms with van der Waals surface area (Å²) < 4.78 is 1.58. The van der Waals surface area contributed by atoms with Gasteiger partial charge in [-0.05, 0) is 17.7 Å². The van der Waals surface area contributed by atoms with E-state index in [2.05, 4.69) is 10.3 Å². The fourth-order valence-electron chi connectivity index (χ4n) is 1.25. The Morgan fingerprint density at radius 2 is 1.80 bits per heavy atom. The van der Waals surface area contributed by atoms with Crippen LogP contribution < -0.4 is 0 Å². The third kappa shape index (κ3) is 2.03. The Morgan fingerprint density at radius 3 is 2.33 bits per heavy atom. The number of rotatable bonds is 3. The summed E-state index contributed by atoms with van der Waals surface area (Å²) in [5.74, 6) is 0. The molecule has 1 heterocycles. The molecule has 0 atom stereocenters. The third-order valence-corrected chi connectivity index (χ3v) is 2.09. The molecule has 0 saturated carbocycles. The summed E-state index contributed by atoms with van der Waals surface area (Å²) in [7, 11) is 0. The molecule has 2 aromatic rings. The molecule has 0 amide bonds. The average molecular weight is 205 g/mol. The molecule has 1 aromatic carbocycles. The Balaban J connectivity index is 2.28. The minimum absolute atomic E-state index is 0.0273. The maximum Gasteiger partial charge on any atom is 0.109 e. The van der Waals surface area contributed by atoms with Crippen molar-refractivity contribution in [3.63, 3.8) is 0 Å². The minimum Gasteiger partial charge on any atom is -0.392 e. The minimum atomic E-state index is -0.116. The fourth-order valence-corrected chi connectivity index (χ4v) is 1.25. The second-order valence-electron chi connectivity index (χ2n) is 3.14. The maximum atomic E-state index is 8.87. The van der Waals surface area contributed by atoms with Gasteiger partial charge in [-0.2, -0.15) is 0 Å². The lowest BCUT2D eigenvalue weighted by Crippen LogP contribution is -1.95. The topological polar surface area (TPSA) is 71.2 Å². The standard InChI is InChI=1S/C10H11N3O2/c14-6-8-1-3-10(4-2-8)13-5-9(7-15)11-12-13/h1-5,14-15H,6-7H2. The fraction of sp³-hybridized carbons (Fsp3) is 0.200. The quantitative estimate of drug-likeness (QED) is 0.753. The first-order valence-corrected chi connectivity index (χ1v) is 4.56. The van der Waals surface area contributed by atoms with Crippen molar-refractivity contribution in [2.24, 2.45) is 0 Å². The molecule has 0 spiro atoms. The lowest BCUT2D eigenvalue weighted by atomic mass is 10.2. The van der Waals surface area contributed by atoms with E-state index in [1.165, 1.54) is 0 Å². The predicted molar refractivity (Wildman–Crippen MR) is 53.2 cm³/mol. The molecule has 1 aromatic heterocycles. The van der Waals surface area contributed by atoms with E-state index in [-0.39, 0.29) is 13.2 Å². The smallest absolute Gasteiger partial charge is 0.109 e. The van der Waals surface area contributed by atoms with E-state index in [1.807, 2.05) is 24.3 Å². The highest BCUT2D eigenvalue weighted by atomic mass is 16.3. The van der Waals surface area contributed by atoms with Gasteiger partial charge in [-0.25, -0.2) is 4.68 Å². The normalized spacial score (nSPS) is 10.5. The molecule has 5 nitrogen and oxygen atoms in total. The SMILES string of the molecule is OCc1ccc(-n2cc(CO)nn2)cc1. The maximum absolute atomic E-state index is 8.87. The summed E-state index contributed by atoms with van der Waals surface area (Å²) in [4.78, 5) is 0. The molecule has 2 rings (SSSR count). The van der Waals surface area contributed by atoms with Gasteiger partial charge in [0.2, 0.25) is 0 Å². The van der Waals surface area contributed by atoms with E-state index < -0.39 is 0 Å². The lowest BCUT2D eigenvalue weighted by Gasteiger charge is -2.00. The Hall–Kier alpha value is -1.72. The number of aliphatic hydroxyl groups is 2. The second-order valence-corrected chi connectivity index (χ2v) is 3.14. The van der Waals surface area contributed by atoms with Crippen LogP contribution in [0.25, 0.3) is 5.69 Å². The molecular formula is C10H11N3O2. The first kappa shape index (κ1) is 9.82. The van der Waals surface area contributed by atoms with Crippen molar-refractivity contribution in [2.75, 3.05) is 0 Å². The predicted octanol–water partition coefficient (Wildman–Crippen LogP) is 0.252. The summed E-state index contributed by atoms with van der Waals surface area (Å²) in [6.45, 7) is -0.0890. The van der Waals surface area contributed by atoms with Gasteiger partial charge < -0.3 is 10.2 Å². The summed E-state index contributed by atoms with van der Waals surface area (Å²) >= 11 is 0. The van der Waals surface area contributed by atoms with Gasteiger partial charge in [0.1, 0.15) is 5.69 Å². The summed E-state index contributed by atoms with van der Waals surface area (Å²) in [5, 5.41) is 25.3. The zero-order chi connectivity index (χ0) is 10.7. The van der Waals surface area contributed by atoms with Gasteiger partial charge in [0.05, 0.1) is 25.1 Å². The Kier molecular flexibility index (Phi) is 2.75. The number of aromatic nitrogens is 3. The molecule has 0 bridgehead atoms. The molecule has 5 heteroatoms. The van der Waals surface area contributed by atoms with E-state index in [0.29, 0.717) is 5.69 Å². The number of hydrogen-bond donors (Lipinski definition) is 2. The van der Waals surface area contributed by atoms with E-state index in [1.54, 1.807) is 10.9 Å². The van der Waals surface area contributed by atoms with Gasteiger partial charge in [-0.1, -0.05) is 17.3 Å². The number of benzene rings is 1. The van der Waals surface area contributed by atoms with Gasteiger partial charge in [0, 0.05) is 0 Å². The Morgan fingerprint density at radius 1 is 1.07 bits per heavy atom. The zero-order valence-electron chi connectivity index (χ0n) is 8.04. The highest BCUT2D eigenvalue weighted by Gasteiger charge is 2.01. The van der Waals surface area contributed by atoms with Crippen LogP contribution in [0, 0.1) is 0 Å². The van der Waals surface area contributed by atoms with Gasteiger partial charge >= 0.3 is 0 Å². The van der Waals surface area contributed by atoms with E-state index in [0.717, 1.165) is 11.3 Å². The lowest BCUT2D eigenvalue weighted by molar-refractivity contribution is 0.276. The summed E-state index contributed by atoms with van der Waals surface area (Å²) in [5.41, 5.74) is 2.22. The molecule has 78 valence electrons. The molecule has 0 aliphatic carbocycles. The van der Waals surface area contributed by atoms with Crippen molar-refractivity contribution < 1.29 is 10.2 Å². The number of aliphatic hydroxyl groups excluding tert-OH is 2. The number of nitrogens with zero attached hydrogens (tertiary/aromatic N) is 3. The van der Waals surface area contributed by atoms with Crippen LogP contribution in [0.2, 0.25) is 0 Å². The molecule has 2 N–H and O–H groups in total. The zero-order valence-corrected chi connectivity index (χ0v) is 8.04. The largest absolute Gasteiger partial charge is 0.392 e. The highest BCUT2D eigenvalue weighted by Crippen LogP contribution is 2.08. The van der Waals surface area contributed by atoms with Crippen molar-refractivity contribution in [2.45, 2.75) is 13.2 Å². The van der Waals surface area contributed by atoms with Crippen LogP contribution in [-0.4, -0.2) is 25.2 Å². The van der Waals surface area contributed by atoms with Crippen molar-refractivity contribution in [3.8, 4) is 5.69 Å². The molecule has 0 aliphatic rings. The van der Waals surface area contributed by atoms with Gasteiger partial charge in [0.15, 0.2) is 0 Å². The van der Waals surface area contributed by atoms with Crippen molar-refractivity contribution in [1.29, 1.82) is 0 Å². The van der Waals surface area contributed by atoms with Crippen molar-refractivity contribution in [3.05, 3.63) is 41.7 Å². The van der Waals surface area contributed by atoms with Gasteiger partial charge in [-0.3, -0.25) is 0 Å². The first-order valence-electron chi connectivity index (χ1n) is 4.56. The monoisotopic (exact) mass is 205 g/mol. The molecular weight excluding hydrogens is 194 g/mol. The van der Waals surface area contributed by atoms with Crippen LogP contribution in [-0.2, 0) is 13.2 Å². The van der Waals surface area contributed by atoms with Crippen molar-refractivity contribution >= 4 is 0 Å². The molecule has 0 saturated heterocycles. The second kappa shape index (κ2) is 4.20. The van der Waals surface area contributed by atoms with Crippen LogP contribution in [0.4, 0.5) is 0 Å². The highest BCUT2D eigenvalue weighted by molar-refractivity contribution is 5.33. The Bertz CT molecular complexity index is 436. The molecule has 0 radical (unpaired) electrons. The molecule has 0 unspecified atom stereocenters. The molecule has 15 heavy (non-hydrogen) atoms. The molecule has 0 aliphatic heterocycles. The van der Waals surface area contributed by atoms with Crippen LogP contribution in [0.3, 0.4) is 0 Å². The average Bonchev–Trinajstić information content (AvgIpc) is 2.78. The van der Waals surface area contributed by atoms with Crippen LogP contribution in [0.15, 0.2) is 30.5 Å². The van der Waals surface area contributed by atoms with Gasteiger partial charge in [0.25, 0.3) is 0 Å². The van der Waals surface area contributed by atoms with Crippen LogP contribution >= 0.6 is 0 Å². The van der Waals surface area contributed by atoms with Gasteiger partial charge in [-0.15, -0.1) is 5.10 Å². The summed E-state index contributed by atoms with van der Waals surface area (Å²) in [6, 6.07) is 7.30. The van der Waals surface area contributed by atoms with Crippen LogP contribution in [0.5, 0.6) is 0 Å². The van der Waals surface area contributed by atoms with Crippen LogP contribution in [0.1, 0.15) is 11.3 Å². The first-order chi connectivity index (χ1) is 7.33. The number of hydrogen-bond acceptors (Lipinski definition) is 4. The van der Waals surface area contributed by atoms with E-state index in [4.69, 9.17) is 10.2 Å². The Labute approximate surface area is 86.6 Å². The molecule has 0 fully saturated rings. The third-order valence-electron chi connectivity index (χ3n) is 2.09. The van der Waals surface area contributed by atoms with E-state index >= 15 is 0 Å². The van der Waals surface area contributed by atoms with Crippen molar-refractivity contribution in [1.82, 2.24) is 15.0 Å². The van der Waals surface area contributed by atoms with E-state index in [9.17, 15) is 0 Å².